The van der Waals surface area contributed by atoms with Crippen molar-refractivity contribution in [2.45, 2.75) is 0 Å². The molecule has 1 aromatic carbocycles. The Hall–Kier alpha value is -2.46. The molecular weight excluding hydrogens is 222 g/mol. The van der Waals surface area contributed by atoms with Gasteiger partial charge in [-0.1, -0.05) is 5.11 Å². The molecule has 0 saturated heterocycles. The number of nitro groups is 2. The average Bonchev–Trinajstić information content (AvgIpc) is 2.59. The van der Waals surface area contributed by atoms with Gasteiger partial charge in [-0.3, -0.25) is 20.2 Å². The Morgan fingerprint density at radius 2 is 1.88 bits per heavy atom. The summed E-state index contributed by atoms with van der Waals surface area (Å²) in [7, 11) is 0. The average molecular weight is 225 g/mol. The summed E-state index contributed by atoms with van der Waals surface area (Å²) in [4.78, 5) is 19.4. The Morgan fingerprint density at radius 1 is 1.19 bits per heavy atom. The van der Waals surface area contributed by atoms with E-state index in [1.807, 2.05) is 0 Å². The van der Waals surface area contributed by atoms with E-state index in [0.29, 0.717) is 0 Å². The van der Waals surface area contributed by atoms with Crippen molar-refractivity contribution < 1.29 is 15.0 Å². The number of non-ortho nitro benzene ring substituents is 1. The van der Waals surface area contributed by atoms with Crippen molar-refractivity contribution in [3.63, 3.8) is 0 Å². The van der Waals surface area contributed by atoms with E-state index in [1.54, 1.807) is 0 Å². The van der Waals surface area contributed by atoms with Gasteiger partial charge in [-0.05, 0) is 0 Å². The summed E-state index contributed by atoms with van der Waals surface area (Å²) in [6, 6.07) is 1.67. The fourth-order valence-corrected chi connectivity index (χ4v) is 1.27. The second kappa shape index (κ2) is 3.29. The molecule has 0 spiro atoms. The molecule has 1 atom stereocenters. The highest BCUT2D eigenvalue weighted by Crippen LogP contribution is 2.39. The van der Waals surface area contributed by atoms with Gasteiger partial charge in [0.25, 0.3) is 5.69 Å². The van der Waals surface area contributed by atoms with Gasteiger partial charge in [-0.2, -0.15) is 5.17 Å². The largest absolute Gasteiger partial charge is 0.600 e. The minimum Gasteiger partial charge on any atom is -0.600 e. The van der Waals surface area contributed by atoms with E-state index in [-0.39, 0.29) is 11.4 Å². The molecular formula is C6H3N5O5. The van der Waals surface area contributed by atoms with Crippen LogP contribution in [-0.4, -0.2) is 9.85 Å². The van der Waals surface area contributed by atoms with Crippen LogP contribution in [0, 0.1) is 25.4 Å². The van der Waals surface area contributed by atoms with Crippen LogP contribution in [-0.2, 0) is 0 Å². The lowest BCUT2D eigenvalue weighted by Gasteiger charge is -2.06. The molecule has 1 heterocycles. The zero-order valence-corrected chi connectivity index (χ0v) is 7.48. The molecule has 0 aromatic heterocycles. The van der Waals surface area contributed by atoms with E-state index in [4.69, 9.17) is 0 Å². The topological polar surface area (TPSA) is 138 Å². The molecule has 1 aromatic rings. The molecule has 1 aliphatic heterocycles. The zero-order valence-electron chi connectivity index (χ0n) is 7.48. The van der Waals surface area contributed by atoms with Crippen molar-refractivity contribution in [1.29, 1.82) is 0 Å². The number of rotatable bonds is 2. The number of hydrogen-bond donors (Lipinski definition) is 1. The molecule has 0 bridgehead atoms. The van der Waals surface area contributed by atoms with E-state index in [0.717, 1.165) is 12.1 Å². The molecule has 82 valence electrons. The van der Waals surface area contributed by atoms with Crippen LogP contribution in [0.4, 0.5) is 22.7 Å². The molecule has 1 unspecified atom stereocenters. The third-order valence-electron chi connectivity index (χ3n) is 1.95. The summed E-state index contributed by atoms with van der Waals surface area (Å²) in [5, 5.41) is 37.8. The monoisotopic (exact) mass is 225 g/mol. The van der Waals surface area contributed by atoms with Gasteiger partial charge in [-0.25, -0.2) is 0 Å². The second-order valence-corrected chi connectivity index (χ2v) is 2.88. The first-order valence-electron chi connectivity index (χ1n) is 3.93. The second-order valence-electron chi connectivity index (χ2n) is 2.88. The number of fused-ring (bicyclic) bond motifs is 1. The Balaban J connectivity index is 2.69. The highest BCUT2D eigenvalue weighted by atomic mass is 16.6. The number of nitro benzene ring substituents is 2. The van der Waals surface area contributed by atoms with E-state index in [1.165, 1.54) is 0 Å². The van der Waals surface area contributed by atoms with Gasteiger partial charge in [0.05, 0.1) is 22.0 Å². The molecule has 0 aliphatic carbocycles. The van der Waals surface area contributed by atoms with Gasteiger partial charge in [0, 0.05) is 5.22 Å². The Bertz CT molecular complexity index is 526. The van der Waals surface area contributed by atoms with Crippen LogP contribution in [0.2, 0.25) is 0 Å². The van der Waals surface area contributed by atoms with Crippen molar-refractivity contribution >= 4 is 22.7 Å². The molecule has 1 N–H and O–H groups in total. The van der Waals surface area contributed by atoms with E-state index >= 15 is 0 Å². The van der Waals surface area contributed by atoms with Crippen LogP contribution in [0.3, 0.4) is 0 Å². The standard InChI is InChI=1S/C6H3N5O5/c12-9-4-1-3(10(13)14)2-5(11(15)16)6(4)7-8-9/h1-2,9H. The maximum atomic E-state index is 11.1. The first-order valence-corrected chi connectivity index (χ1v) is 3.93. The Morgan fingerprint density at radius 3 is 2.44 bits per heavy atom. The summed E-state index contributed by atoms with van der Waals surface area (Å²) >= 11 is 0. The molecule has 10 heteroatoms. The van der Waals surface area contributed by atoms with Crippen LogP contribution in [0.15, 0.2) is 22.5 Å². The summed E-state index contributed by atoms with van der Waals surface area (Å²) < 4.78 is 0. The van der Waals surface area contributed by atoms with Crippen molar-refractivity contribution in [3.8, 4) is 0 Å². The van der Waals surface area contributed by atoms with Crippen LogP contribution in [0.5, 0.6) is 0 Å². The number of benzene rings is 1. The molecule has 0 saturated carbocycles. The molecule has 0 fully saturated rings. The lowest BCUT2D eigenvalue weighted by atomic mass is 10.2. The van der Waals surface area contributed by atoms with Crippen molar-refractivity contribution in [1.82, 2.24) is 0 Å². The first kappa shape index (κ1) is 10.1. The lowest BCUT2D eigenvalue weighted by molar-refractivity contribution is -0.784. The Labute approximate surface area is 86.7 Å². The number of quaternary nitrogens is 1. The fourth-order valence-electron chi connectivity index (χ4n) is 1.27. The molecule has 0 amide bonds. The summed E-state index contributed by atoms with van der Waals surface area (Å²) in [6.45, 7) is 0. The number of nitrogens with zero attached hydrogens (tertiary/aromatic N) is 4. The minimum atomic E-state index is -0.844. The SMILES string of the molecule is O=[N+]([O-])c1cc([N+](=O)[O-])c2c(c1)[NH+]([O-])N=N2. The zero-order chi connectivity index (χ0) is 11.9. The fraction of sp³-hybridized carbons (Fsp3) is 0. The number of hydrogen-bond acceptors (Lipinski definition) is 7. The normalized spacial score (nSPS) is 17.2. The molecule has 10 nitrogen and oxygen atoms in total. The van der Waals surface area contributed by atoms with E-state index in [9.17, 15) is 25.4 Å². The highest BCUT2D eigenvalue weighted by molar-refractivity contribution is 5.74. The van der Waals surface area contributed by atoms with Crippen LogP contribution in [0.1, 0.15) is 0 Å². The van der Waals surface area contributed by atoms with Crippen LogP contribution >= 0.6 is 0 Å². The third-order valence-corrected chi connectivity index (χ3v) is 1.95. The van der Waals surface area contributed by atoms with Gasteiger partial charge in [0.15, 0.2) is 0 Å². The van der Waals surface area contributed by atoms with Crippen molar-refractivity contribution in [3.05, 3.63) is 37.6 Å². The maximum absolute atomic E-state index is 11.1. The Kier molecular flexibility index (Phi) is 2.07. The van der Waals surface area contributed by atoms with Gasteiger partial charge < -0.3 is 5.21 Å². The summed E-state index contributed by atoms with van der Waals surface area (Å²) in [5.41, 5.74) is -1.59. The smallest absolute Gasteiger partial charge is 0.310 e. The highest BCUT2D eigenvalue weighted by Gasteiger charge is 2.31. The van der Waals surface area contributed by atoms with Gasteiger partial charge in [0.1, 0.15) is 0 Å². The lowest BCUT2D eigenvalue weighted by Crippen LogP contribution is -2.95. The molecule has 2 rings (SSSR count). The summed E-state index contributed by atoms with van der Waals surface area (Å²) in [6.07, 6.45) is 0. The van der Waals surface area contributed by atoms with E-state index in [2.05, 4.69) is 10.3 Å². The third kappa shape index (κ3) is 1.37. The molecule has 16 heavy (non-hydrogen) atoms. The van der Waals surface area contributed by atoms with E-state index < -0.39 is 26.4 Å². The van der Waals surface area contributed by atoms with Gasteiger partial charge in [0.2, 0.25) is 11.4 Å². The van der Waals surface area contributed by atoms with Crippen molar-refractivity contribution in [2.75, 3.05) is 0 Å². The molecule has 0 radical (unpaired) electrons. The maximum Gasteiger partial charge on any atom is 0.310 e. The first-order chi connectivity index (χ1) is 7.50. The molecule has 1 aliphatic rings. The van der Waals surface area contributed by atoms with Gasteiger partial charge >= 0.3 is 5.69 Å². The van der Waals surface area contributed by atoms with Crippen molar-refractivity contribution in [2.24, 2.45) is 10.3 Å². The number of nitrogens with one attached hydrogen (secondary N) is 1. The predicted octanol–water partition coefficient (Wildman–Crippen LogP) is 0.529. The quantitative estimate of drug-likeness (QED) is 0.444. The van der Waals surface area contributed by atoms with Crippen LogP contribution < -0.4 is 5.17 Å². The predicted molar refractivity (Wildman–Crippen MR) is 48.3 cm³/mol. The minimum absolute atomic E-state index is 0.221. The van der Waals surface area contributed by atoms with Crippen LogP contribution in [0.25, 0.3) is 0 Å². The summed E-state index contributed by atoms with van der Waals surface area (Å²) in [5.74, 6) is 0. The van der Waals surface area contributed by atoms with Gasteiger partial charge in [-0.15, -0.1) is 0 Å².